The number of hydrogen-bond donors (Lipinski definition) is 2. The van der Waals surface area contributed by atoms with Crippen molar-refractivity contribution in [2.75, 3.05) is 25.5 Å². The molecule has 0 aliphatic heterocycles. The number of aromatic nitrogens is 1. The lowest BCUT2D eigenvalue weighted by Crippen LogP contribution is -2.17. The summed E-state index contributed by atoms with van der Waals surface area (Å²) in [6.07, 6.45) is 1.02. The minimum atomic E-state index is 0.938. The predicted octanol–water partition coefficient (Wildman–Crippen LogP) is 1.34. The maximum absolute atomic E-state index is 4.38. The number of likely N-dealkylation sites (N-methyl/N-ethyl adjacent to an activating group) is 1. The molecule has 12 heavy (non-hydrogen) atoms. The summed E-state index contributed by atoms with van der Waals surface area (Å²) in [5.41, 5.74) is 1.17. The van der Waals surface area contributed by atoms with E-state index in [0.717, 1.165) is 24.6 Å². The molecule has 0 aliphatic carbocycles. The van der Waals surface area contributed by atoms with Gasteiger partial charge in [0.05, 0.1) is 5.69 Å². The van der Waals surface area contributed by atoms with Crippen LogP contribution >= 0.6 is 11.3 Å². The molecule has 0 saturated heterocycles. The molecular weight excluding hydrogens is 170 g/mol. The Morgan fingerprint density at radius 1 is 1.50 bits per heavy atom. The summed E-state index contributed by atoms with van der Waals surface area (Å²) >= 11 is 1.67. The summed E-state index contributed by atoms with van der Waals surface area (Å²) in [4.78, 5) is 4.38. The molecule has 0 radical (unpaired) electrons. The first-order valence-electron chi connectivity index (χ1n) is 4.19. The van der Waals surface area contributed by atoms with Crippen molar-refractivity contribution in [2.45, 2.75) is 13.3 Å². The van der Waals surface area contributed by atoms with Crippen LogP contribution in [0, 0.1) is 0 Å². The van der Waals surface area contributed by atoms with Gasteiger partial charge in [0.1, 0.15) is 0 Å². The first-order chi connectivity index (χ1) is 5.86. The molecule has 68 valence electrons. The summed E-state index contributed by atoms with van der Waals surface area (Å²) in [5, 5.41) is 9.45. The average molecular weight is 185 g/mol. The third-order valence-corrected chi connectivity index (χ3v) is 2.41. The van der Waals surface area contributed by atoms with Crippen LogP contribution in [0.25, 0.3) is 0 Å². The van der Waals surface area contributed by atoms with Crippen molar-refractivity contribution in [1.29, 1.82) is 0 Å². The zero-order valence-electron chi connectivity index (χ0n) is 7.55. The Balaban J connectivity index is 2.31. The Morgan fingerprint density at radius 3 is 2.92 bits per heavy atom. The lowest BCUT2D eigenvalue weighted by molar-refractivity contribution is 0.822. The quantitative estimate of drug-likeness (QED) is 0.680. The van der Waals surface area contributed by atoms with Crippen LogP contribution in [0.1, 0.15) is 12.6 Å². The van der Waals surface area contributed by atoms with Gasteiger partial charge in [0.2, 0.25) is 0 Å². The SMILES string of the molecule is CCc1csc(NCCNC)n1. The summed E-state index contributed by atoms with van der Waals surface area (Å²) in [6, 6.07) is 0. The molecular formula is C8H15N3S. The molecule has 0 saturated carbocycles. The molecule has 0 amide bonds. The van der Waals surface area contributed by atoms with Gasteiger partial charge in [-0.2, -0.15) is 0 Å². The van der Waals surface area contributed by atoms with Crippen LogP contribution < -0.4 is 10.6 Å². The molecule has 0 spiro atoms. The van der Waals surface area contributed by atoms with Crippen molar-refractivity contribution >= 4 is 16.5 Å². The number of anilines is 1. The van der Waals surface area contributed by atoms with Crippen LogP contribution in [0.4, 0.5) is 5.13 Å². The number of aryl methyl sites for hydroxylation is 1. The second kappa shape index (κ2) is 5.11. The van der Waals surface area contributed by atoms with Crippen LogP contribution in [0.2, 0.25) is 0 Å². The Hall–Kier alpha value is -0.610. The van der Waals surface area contributed by atoms with Gasteiger partial charge in [-0.05, 0) is 13.5 Å². The van der Waals surface area contributed by atoms with E-state index in [0.29, 0.717) is 0 Å². The molecule has 1 heterocycles. The zero-order chi connectivity index (χ0) is 8.81. The second-order valence-electron chi connectivity index (χ2n) is 2.53. The highest BCUT2D eigenvalue weighted by Gasteiger charge is 1.97. The minimum Gasteiger partial charge on any atom is -0.360 e. The van der Waals surface area contributed by atoms with Crippen LogP contribution in [0.15, 0.2) is 5.38 Å². The van der Waals surface area contributed by atoms with Gasteiger partial charge in [-0.3, -0.25) is 0 Å². The summed E-state index contributed by atoms with van der Waals surface area (Å²) in [5.74, 6) is 0. The van der Waals surface area contributed by atoms with Gasteiger partial charge in [-0.15, -0.1) is 11.3 Å². The topological polar surface area (TPSA) is 37.0 Å². The fourth-order valence-corrected chi connectivity index (χ4v) is 1.67. The number of nitrogens with one attached hydrogen (secondary N) is 2. The highest BCUT2D eigenvalue weighted by Crippen LogP contribution is 2.14. The fourth-order valence-electron chi connectivity index (χ4n) is 0.845. The Kier molecular flexibility index (Phi) is 4.04. The largest absolute Gasteiger partial charge is 0.360 e. The van der Waals surface area contributed by atoms with Gasteiger partial charge in [0.15, 0.2) is 5.13 Å². The Bertz CT molecular complexity index is 222. The highest BCUT2D eigenvalue weighted by atomic mass is 32.1. The number of rotatable bonds is 5. The van der Waals surface area contributed by atoms with Gasteiger partial charge in [-0.1, -0.05) is 6.92 Å². The van der Waals surface area contributed by atoms with Crippen molar-refractivity contribution in [3.8, 4) is 0 Å². The van der Waals surface area contributed by atoms with Crippen LogP contribution in [0.3, 0.4) is 0 Å². The average Bonchev–Trinajstić information content (AvgIpc) is 2.53. The van der Waals surface area contributed by atoms with E-state index in [9.17, 15) is 0 Å². The van der Waals surface area contributed by atoms with Crippen LogP contribution in [-0.4, -0.2) is 25.1 Å². The molecule has 2 N–H and O–H groups in total. The molecule has 0 atom stereocenters. The molecule has 1 rings (SSSR count). The van der Waals surface area contributed by atoms with Gasteiger partial charge in [-0.25, -0.2) is 4.98 Å². The molecule has 1 aromatic rings. The third-order valence-electron chi connectivity index (χ3n) is 1.57. The molecule has 0 bridgehead atoms. The van der Waals surface area contributed by atoms with Gasteiger partial charge < -0.3 is 10.6 Å². The molecule has 0 aliphatic rings. The number of nitrogens with zero attached hydrogens (tertiary/aromatic N) is 1. The molecule has 4 heteroatoms. The van der Waals surface area contributed by atoms with Crippen LogP contribution in [0.5, 0.6) is 0 Å². The van der Waals surface area contributed by atoms with E-state index < -0.39 is 0 Å². The fraction of sp³-hybridized carbons (Fsp3) is 0.625. The first kappa shape index (κ1) is 9.48. The Morgan fingerprint density at radius 2 is 2.33 bits per heavy atom. The zero-order valence-corrected chi connectivity index (χ0v) is 8.37. The van der Waals surface area contributed by atoms with Crippen molar-refractivity contribution < 1.29 is 0 Å². The first-order valence-corrected chi connectivity index (χ1v) is 5.07. The van der Waals surface area contributed by atoms with Gasteiger partial charge in [0, 0.05) is 18.5 Å². The second-order valence-corrected chi connectivity index (χ2v) is 3.39. The molecule has 0 unspecified atom stereocenters. The smallest absolute Gasteiger partial charge is 0.182 e. The van der Waals surface area contributed by atoms with E-state index in [2.05, 4.69) is 27.9 Å². The van der Waals surface area contributed by atoms with Crippen molar-refractivity contribution in [1.82, 2.24) is 10.3 Å². The van der Waals surface area contributed by atoms with Gasteiger partial charge >= 0.3 is 0 Å². The normalized spacial score (nSPS) is 10.2. The standard InChI is InChI=1S/C8H15N3S/c1-3-7-6-12-8(11-7)10-5-4-9-2/h6,9H,3-5H2,1-2H3,(H,10,11). The van der Waals surface area contributed by atoms with E-state index in [1.807, 2.05) is 7.05 Å². The summed E-state index contributed by atoms with van der Waals surface area (Å²) in [7, 11) is 1.95. The van der Waals surface area contributed by atoms with E-state index in [1.165, 1.54) is 5.69 Å². The molecule has 3 nitrogen and oxygen atoms in total. The molecule has 0 fully saturated rings. The predicted molar refractivity (Wildman–Crippen MR) is 53.9 cm³/mol. The van der Waals surface area contributed by atoms with Crippen molar-refractivity contribution in [3.63, 3.8) is 0 Å². The van der Waals surface area contributed by atoms with Crippen LogP contribution in [-0.2, 0) is 6.42 Å². The Labute approximate surface area is 77.2 Å². The summed E-state index contributed by atoms with van der Waals surface area (Å²) < 4.78 is 0. The minimum absolute atomic E-state index is 0.938. The lowest BCUT2D eigenvalue weighted by atomic mass is 10.4. The van der Waals surface area contributed by atoms with E-state index in [1.54, 1.807) is 11.3 Å². The highest BCUT2D eigenvalue weighted by molar-refractivity contribution is 7.13. The van der Waals surface area contributed by atoms with Crippen molar-refractivity contribution in [2.24, 2.45) is 0 Å². The van der Waals surface area contributed by atoms with E-state index >= 15 is 0 Å². The van der Waals surface area contributed by atoms with Gasteiger partial charge in [0.25, 0.3) is 0 Å². The monoisotopic (exact) mass is 185 g/mol. The lowest BCUT2D eigenvalue weighted by Gasteiger charge is -1.99. The summed E-state index contributed by atoms with van der Waals surface area (Å²) in [6.45, 7) is 4.03. The molecule has 1 aromatic heterocycles. The maximum atomic E-state index is 4.38. The third kappa shape index (κ3) is 2.79. The van der Waals surface area contributed by atoms with Crippen molar-refractivity contribution in [3.05, 3.63) is 11.1 Å². The number of hydrogen-bond acceptors (Lipinski definition) is 4. The maximum Gasteiger partial charge on any atom is 0.182 e. The van der Waals surface area contributed by atoms with E-state index in [4.69, 9.17) is 0 Å². The number of thiazole rings is 1. The van der Waals surface area contributed by atoms with E-state index in [-0.39, 0.29) is 0 Å². The molecule has 0 aromatic carbocycles.